The lowest BCUT2D eigenvalue weighted by molar-refractivity contribution is 0.0655. The van der Waals surface area contributed by atoms with Crippen LogP contribution < -0.4 is 0 Å². The van der Waals surface area contributed by atoms with Gasteiger partial charge in [-0.1, -0.05) is 51.9 Å². The number of aliphatic hydroxyl groups excluding tert-OH is 1. The molecule has 2 nitrogen and oxygen atoms in total. The first-order valence-electron chi connectivity index (χ1n) is 8.57. The minimum absolute atomic E-state index is 0.0133. The maximum absolute atomic E-state index is 10.1. The van der Waals surface area contributed by atoms with Gasteiger partial charge in [0.1, 0.15) is 6.10 Å². The van der Waals surface area contributed by atoms with Gasteiger partial charge in [-0.15, -0.1) is 0 Å². The van der Waals surface area contributed by atoms with E-state index in [2.05, 4.69) is 39.5 Å². The van der Waals surface area contributed by atoms with Gasteiger partial charge in [0.2, 0.25) is 0 Å². The average Bonchev–Trinajstić information content (AvgIpc) is 2.66. The van der Waals surface area contributed by atoms with E-state index in [1.165, 1.54) is 25.7 Å². The first-order valence-corrected chi connectivity index (χ1v) is 8.57. The highest BCUT2D eigenvalue weighted by atomic mass is 16.5. The molecule has 0 saturated heterocycles. The van der Waals surface area contributed by atoms with Crippen LogP contribution in [0.15, 0.2) is 0 Å². The molecule has 0 unspecified atom stereocenters. The molecular weight excluding hydrogens is 260 g/mol. The summed E-state index contributed by atoms with van der Waals surface area (Å²) in [5, 5.41) is 10.1. The van der Waals surface area contributed by atoms with Crippen molar-refractivity contribution < 1.29 is 9.84 Å². The third-order valence-electron chi connectivity index (χ3n) is 5.65. The molecule has 0 aliphatic heterocycles. The molecule has 2 heteroatoms. The lowest BCUT2D eigenvalue weighted by atomic mass is 9.66. The Morgan fingerprint density at radius 1 is 1.24 bits per heavy atom. The van der Waals surface area contributed by atoms with Crippen molar-refractivity contribution in [1.82, 2.24) is 0 Å². The Hall–Kier alpha value is -0.520. The molecule has 1 fully saturated rings. The van der Waals surface area contributed by atoms with E-state index in [4.69, 9.17) is 4.74 Å². The molecule has 0 aromatic rings. The second-order valence-electron chi connectivity index (χ2n) is 7.38. The summed E-state index contributed by atoms with van der Waals surface area (Å²) in [5.74, 6) is 7.11. The lowest BCUT2D eigenvalue weighted by Gasteiger charge is -2.38. The molecule has 0 radical (unpaired) electrons. The summed E-state index contributed by atoms with van der Waals surface area (Å²) in [7, 11) is 1.78. The fourth-order valence-electron chi connectivity index (χ4n) is 3.39. The molecule has 1 aliphatic carbocycles. The fraction of sp³-hybridized carbons (Fsp3) is 0.895. The van der Waals surface area contributed by atoms with Crippen LogP contribution in [0.5, 0.6) is 0 Å². The molecule has 0 amide bonds. The molecule has 0 aromatic carbocycles. The molecule has 1 rings (SSSR count). The van der Waals surface area contributed by atoms with Gasteiger partial charge in [0, 0.05) is 19.1 Å². The summed E-state index contributed by atoms with van der Waals surface area (Å²) in [6.07, 6.45) is 7.38. The fourth-order valence-corrected chi connectivity index (χ4v) is 3.39. The van der Waals surface area contributed by atoms with Gasteiger partial charge in [0.05, 0.1) is 0 Å². The van der Waals surface area contributed by atoms with Gasteiger partial charge < -0.3 is 9.84 Å². The zero-order valence-corrected chi connectivity index (χ0v) is 14.7. The van der Waals surface area contributed by atoms with Crippen LogP contribution in [0, 0.1) is 28.6 Å². The zero-order chi connectivity index (χ0) is 15.9. The summed E-state index contributed by atoms with van der Waals surface area (Å²) in [4.78, 5) is 0. The number of aliphatic hydroxyl groups is 1. The maximum atomic E-state index is 10.1. The number of hydrogen-bond donors (Lipinski definition) is 1. The third kappa shape index (κ3) is 4.73. The zero-order valence-electron chi connectivity index (χ0n) is 14.7. The lowest BCUT2D eigenvalue weighted by Crippen LogP contribution is -2.35. The number of methoxy groups -OCH3 is 1. The quantitative estimate of drug-likeness (QED) is 0.556. The second kappa shape index (κ2) is 8.20. The normalized spacial score (nSPS) is 29.0. The van der Waals surface area contributed by atoms with E-state index in [9.17, 15) is 5.11 Å². The van der Waals surface area contributed by atoms with Crippen LogP contribution in [0.25, 0.3) is 0 Å². The van der Waals surface area contributed by atoms with Gasteiger partial charge in [-0.2, -0.15) is 0 Å². The molecule has 0 bridgehead atoms. The van der Waals surface area contributed by atoms with Gasteiger partial charge >= 0.3 is 0 Å². The highest BCUT2D eigenvalue weighted by molar-refractivity contribution is 5.20. The number of rotatable bonds is 7. The molecule has 1 saturated carbocycles. The van der Waals surface area contributed by atoms with Crippen LogP contribution >= 0.6 is 0 Å². The van der Waals surface area contributed by atoms with Crippen LogP contribution in [-0.4, -0.2) is 24.9 Å². The highest BCUT2D eigenvalue weighted by Crippen LogP contribution is 2.55. The van der Waals surface area contributed by atoms with E-state index in [1.807, 2.05) is 0 Å². The Morgan fingerprint density at radius 3 is 2.57 bits per heavy atom. The Morgan fingerprint density at radius 2 is 1.95 bits per heavy atom. The highest BCUT2D eigenvalue weighted by Gasteiger charge is 2.50. The van der Waals surface area contributed by atoms with Crippen molar-refractivity contribution >= 4 is 0 Å². The minimum Gasteiger partial charge on any atom is -0.384 e. The Balaban J connectivity index is 2.59. The van der Waals surface area contributed by atoms with Crippen LogP contribution in [0.3, 0.4) is 0 Å². The topological polar surface area (TPSA) is 29.5 Å². The molecule has 0 aromatic heterocycles. The summed E-state index contributed by atoms with van der Waals surface area (Å²) >= 11 is 0. The summed E-state index contributed by atoms with van der Waals surface area (Å²) in [6.45, 7) is 9.86. The standard InChI is InChI=1S/C19H34O2/c1-6-7-8-9-10-17(20)12-14-19(4)13-11-16(15-21-5)18(19,2)3/h16-17,20H,6-11,13,15H2,1-5H3/t16-,17+,19+/m1/s1. The van der Waals surface area contributed by atoms with Crippen LogP contribution in [0.1, 0.15) is 72.6 Å². The summed E-state index contributed by atoms with van der Waals surface area (Å²) in [6, 6.07) is 0. The van der Waals surface area contributed by atoms with Crippen molar-refractivity contribution in [2.75, 3.05) is 13.7 Å². The monoisotopic (exact) mass is 294 g/mol. The Bertz CT molecular complexity index is 363. The molecule has 3 atom stereocenters. The first kappa shape index (κ1) is 18.5. The predicted molar refractivity (Wildman–Crippen MR) is 89.0 cm³/mol. The summed E-state index contributed by atoms with van der Waals surface area (Å²) in [5.41, 5.74) is 0.124. The average molecular weight is 294 g/mol. The predicted octanol–water partition coefficient (Wildman–Crippen LogP) is 4.41. The first-order chi connectivity index (χ1) is 9.87. The van der Waals surface area contributed by atoms with Crippen molar-refractivity contribution in [3.8, 4) is 11.8 Å². The van der Waals surface area contributed by atoms with Crippen LogP contribution in [-0.2, 0) is 4.74 Å². The van der Waals surface area contributed by atoms with Crippen molar-refractivity contribution in [3.05, 3.63) is 0 Å². The van der Waals surface area contributed by atoms with Crippen LogP contribution in [0.2, 0.25) is 0 Å². The van der Waals surface area contributed by atoms with Gasteiger partial charge in [0.15, 0.2) is 0 Å². The van der Waals surface area contributed by atoms with Crippen molar-refractivity contribution in [1.29, 1.82) is 0 Å². The molecule has 1 N–H and O–H groups in total. The molecular formula is C19H34O2. The van der Waals surface area contributed by atoms with Gasteiger partial charge in [-0.05, 0) is 43.9 Å². The van der Waals surface area contributed by atoms with E-state index in [0.29, 0.717) is 5.92 Å². The van der Waals surface area contributed by atoms with Gasteiger partial charge in [-0.25, -0.2) is 0 Å². The van der Waals surface area contributed by atoms with Crippen molar-refractivity contribution in [3.63, 3.8) is 0 Å². The Kier molecular flexibility index (Phi) is 7.24. The number of unbranched alkanes of at least 4 members (excludes halogenated alkanes) is 3. The SMILES string of the molecule is CCCCCC[C@H](O)C#C[C@]1(C)CC[C@H](COC)C1(C)C. The van der Waals surface area contributed by atoms with Gasteiger partial charge in [0.25, 0.3) is 0 Å². The maximum Gasteiger partial charge on any atom is 0.114 e. The molecule has 0 heterocycles. The van der Waals surface area contributed by atoms with Gasteiger partial charge in [-0.3, -0.25) is 0 Å². The van der Waals surface area contributed by atoms with E-state index in [0.717, 1.165) is 25.9 Å². The summed E-state index contributed by atoms with van der Waals surface area (Å²) < 4.78 is 5.36. The number of ether oxygens (including phenoxy) is 1. The van der Waals surface area contributed by atoms with Crippen LogP contribution in [0.4, 0.5) is 0 Å². The van der Waals surface area contributed by atoms with Crippen molar-refractivity contribution in [2.45, 2.75) is 78.7 Å². The van der Waals surface area contributed by atoms with Crippen molar-refractivity contribution in [2.24, 2.45) is 16.7 Å². The smallest absolute Gasteiger partial charge is 0.114 e. The largest absolute Gasteiger partial charge is 0.384 e. The molecule has 1 aliphatic rings. The molecule has 0 spiro atoms. The minimum atomic E-state index is -0.462. The second-order valence-corrected chi connectivity index (χ2v) is 7.38. The number of hydrogen-bond acceptors (Lipinski definition) is 2. The van der Waals surface area contributed by atoms with E-state index in [1.54, 1.807) is 7.11 Å². The molecule has 122 valence electrons. The third-order valence-corrected chi connectivity index (χ3v) is 5.65. The van der Waals surface area contributed by atoms with E-state index >= 15 is 0 Å². The Labute approximate surface area is 131 Å². The van der Waals surface area contributed by atoms with E-state index < -0.39 is 6.10 Å². The molecule has 21 heavy (non-hydrogen) atoms. The van der Waals surface area contributed by atoms with E-state index in [-0.39, 0.29) is 10.8 Å².